The van der Waals surface area contributed by atoms with Crippen molar-refractivity contribution >= 4 is 9.28 Å². The van der Waals surface area contributed by atoms with Crippen molar-refractivity contribution in [3.63, 3.8) is 0 Å². The van der Waals surface area contributed by atoms with Crippen molar-refractivity contribution in [1.82, 2.24) is 0 Å². The molecule has 0 atom stereocenters. The second-order valence-electron chi connectivity index (χ2n) is 7.99. The Bertz CT molecular complexity index is 723. The van der Waals surface area contributed by atoms with Crippen LogP contribution in [0.25, 0.3) is 0 Å². The number of halogens is 17. The molecule has 36 heavy (non-hydrogen) atoms. The fourth-order valence-corrected chi connectivity index (χ4v) is 4.58. The van der Waals surface area contributed by atoms with E-state index in [1.165, 1.54) is 27.7 Å². The van der Waals surface area contributed by atoms with E-state index in [1.54, 1.807) is 0 Å². The Kier molecular flexibility index (Phi) is 9.95. The smallest absolute Gasteiger partial charge is 0.394 e. The van der Waals surface area contributed by atoms with Crippen molar-refractivity contribution in [2.24, 2.45) is 0 Å². The highest BCUT2D eigenvalue weighted by Gasteiger charge is 2.95. The van der Waals surface area contributed by atoms with Crippen LogP contribution >= 0.6 is 0 Å². The third-order valence-corrected chi connectivity index (χ3v) is 6.78. The number of rotatable bonds is 13. The van der Waals surface area contributed by atoms with Gasteiger partial charge in [-0.1, -0.05) is 0 Å². The number of hydrogen-bond acceptors (Lipinski definition) is 2. The zero-order chi connectivity index (χ0) is 29.6. The molecule has 0 saturated heterocycles. The van der Waals surface area contributed by atoms with E-state index in [2.05, 4.69) is 0 Å². The molecule has 0 heterocycles. The zero-order valence-electron chi connectivity index (χ0n) is 18.4. The third-order valence-electron chi connectivity index (χ3n) is 4.33. The molecular weight excluding hydrogens is 575 g/mol. The lowest BCUT2D eigenvalue weighted by atomic mass is 9.88. The fourth-order valence-electron chi connectivity index (χ4n) is 2.43. The molecule has 0 aromatic rings. The Hall–Kier alpha value is -1.05. The van der Waals surface area contributed by atoms with Crippen LogP contribution in [0.3, 0.4) is 0 Å². The summed E-state index contributed by atoms with van der Waals surface area (Å²) in [6.07, 6.45) is -12.0. The molecule has 0 aliphatic rings. The van der Waals surface area contributed by atoms with Gasteiger partial charge in [0.15, 0.2) is 0 Å². The Morgan fingerprint density at radius 3 is 1.03 bits per heavy atom. The summed E-state index contributed by atoms with van der Waals surface area (Å²) in [5.41, 5.74) is 0. The zero-order valence-corrected chi connectivity index (χ0v) is 19.5. The normalized spacial score (nSPS) is 16.0. The molecule has 0 radical (unpaired) electrons. The largest absolute Gasteiger partial charge is 0.460 e. The van der Waals surface area contributed by atoms with Crippen LogP contribution in [-0.2, 0) is 8.85 Å². The quantitative estimate of drug-likeness (QED) is 0.163. The maximum atomic E-state index is 14.0. The van der Waals surface area contributed by atoms with Crippen molar-refractivity contribution in [1.29, 1.82) is 0 Å². The van der Waals surface area contributed by atoms with Gasteiger partial charge in [-0.15, -0.1) is 0 Å². The van der Waals surface area contributed by atoms with Gasteiger partial charge in [-0.2, -0.15) is 74.6 Å². The highest BCUT2D eigenvalue weighted by Crippen LogP contribution is 2.64. The molecule has 0 fully saturated rings. The molecule has 0 amide bonds. The van der Waals surface area contributed by atoms with Gasteiger partial charge in [-0.3, -0.25) is 0 Å². The summed E-state index contributed by atoms with van der Waals surface area (Å²) < 4.78 is 235. The van der Waals surface area contributed by atoms with Crippen LogP contribution in [0.5, 0.6) is 0 Å². The van der Waals surface area contributed by atoms with Gasteiger partial charge in [0, 0.05) is 18.6 Å². The Morgan fingerprint density at radius 2 is 0.750 bits per heavy atom. The number of hydrogen-bond donors (Lipinski definition) is 0. The van der Waals surface area contributed by atoms with E-state index in [0.717, 1.165) is 0 Å². The average molecular weight is 594 g/mol. The SMILES string of the molecule is CC(C)O[SiH](CCC(F)(F)C(F)(F)C(F)(F)C(F)(F)C(F)(F)C(F)(F)C(F)(F)C(F)(F)F)OC(C)C. The summed E-state index contributed by atoms with van der Waals surface area (Å²) >= 11 is 0. The minimum atomic E-state index is -8.62. The van der Waals surface area contributed by atoms with Crippen LogP contribution in [0.15, 0.2) is 0 Å². The first-order valence-corrected chi connectivity index (χ1v) is 11.2. The molecule has 0 aliphatic heterocycles. The maximum Gasteiger partial charge on any atom is 0.460 e. The molecule has 20 heteroatoms. The second-order valence-corrected chi connectivity index (χ2v) is 9.97. The van der Waals surface area contributed by atoms with Gasteiger partial charge in [0.1, 0.15) is 0 Å². The van der Waals surface area contributed by atoms with Crippen LogP contribution in [0.4, 0.5) is 74.6 Å². The standard InChI is InChI=1S/C16H19F17O2Si/c1-7(2)34-36(35-8(3)4)6-5-9(17,18)10(19,20)11(21,22)12(23,24)13(25,26)14(27,28)15(29,30)16(31,32)33/h7-8,36H,5-6H2,1-4H3. The average Bonchev–Trinajstić information content (AvgIpc) is 2.63. The van der Waals surface area contributed by atoms with E-state index in [9.17, 15) is 74.6 Å². The van der Waals surface area contributed by atoms with E-state index >= 15 is 0 Å². The molecular formula is C16H19F17O2Si. The van der Waals surface area contributed by atoms with Gasteiger partial charge in [-0.25, -0.2) is 0 Å². The summed E-state index contributed by atoms with van der Waals surface area (Å²) in [6, 6.07) is -1.36. The molecule has 0 bridgehead atoms. The summed E-state index contributed by atoms with van der Waals surface area (Å²) in [4.78, 5) is 0. The van der Waals surface area contributed by atoms with E-state index < -0.39 is 81.6 Å². The Balaban J connectivity index is 6.40. The molecule has 2 nitrogen and oxygen atoms in total. The molecule has 0 spiro atoms. The molecule has 0 aromatic carbocycles. The van der Waals surface area contributed by atoms with E-state index in [0.29, 0.717) is 0 Å². The molecule has 0 rings (SSSR count). The predicted molar refractivity (Wildman–Crippen MR) is 89.7 cm³/mol. The first kappa shape index (κ1) is 34.9. The van der Waals surface area contributed by atoms with Gasteiger partial charge in [0.25, 0.3) is 0 Å². The first-order chi connectivity index (χ1) is 15.5. The first-order valence-electron chi connectivity index (χ1n) is 9.48. The highest BCUT2D eigenvalue weighted by molar-refractivity contribution is 6.44. The molecule has 0 aliphatic carbocycles. The van der Waals surface area contributed by atoms with Crippen molar-refractivity contribution in [3.05, 3.63) is 0 Å². The number of alkyl halides is 17. The lowest BCUT2D eigenvalue weighted by molar-refractivity contribution is -0.461. The van der Waals surface area contributed by atoms with E-state index in [1.807, 2.05) is 0 Å². The summed E-state index contributed by atoms with van der Waals surface area (Å²) in [5.74, 6) is -56.2. The van der Waals surface area contributed by atoms with Gasteiger partial charge in [0.05, 0.1) is 0 Å². The monoisotopic (exact) mass is 594 g/mol. The Labute approximate surface area is 193 Å². The lowest BCUT2D eigenvalue weighted by Crippen LogP contribution is -2.74. The topological polar surface area (TPSA) is 18.5 Å². The van der Waals surface area contributed by atoms with E-state index in [-0.39, 0.29) is 0 Å². The third kappa shape index (κ3) is 5.83. The highest BCUT2D eigenvalue weighted by atomic mass is 28.3. The summed E-state index contributed by atoms with van der Waals surface area (Å²) in [6.45, 7) is 5.13. The molecule has 0 aromatic heterocycles. The van der Waals surface area contributed by atoms with Gasteiger partial charge in [0.2, 0.25) is 0 Å². The summed E-state index contributed by atoms with van der Waals surface area (Å²) in [5, 5.41) is 0. The van der Waals surface area contributed by atoms with Gasteiger partial charge >= 0.3 is 56.9 Å². The Morgan fingerprint density at radius 1 is 0.472 bits per heavy atom. The van der Waals surface area contributed by atoms with Crippen LogP contribution < -0.4 is 0 Å². The minimum Gasteiger partial charge on any atom is -0.394 e. The molecule has 0 saturated carbocycles. The molecule has 0 unspecified atom stereocenters. The van der Waals surface area contributed by atoms with Crippen LogP contribution in [-0.4, -0.2) is 69.1 Å². The van der Waals surface area contributed by atoms with E-state index in [4.69, 9.17) is 8.85 Å². The van der Waals surface area contributed by atoms with Gasteiger partial charge in [-0.05, 0) is 33.7 Å². The molecule has 0 N–H and O–H groups in total. The van der Waals surface area contributed by atoms with Gasteiger partial charge < -0.3 is 8.85 Å². The maximum absolute atomic E-state index is 14.0. The summed E-state index contributed by atoms with van der Waals surface area (Å²) in [7, 11) is -3.46. The van der Waals surface area contributed by atoms with Crippen molar-refractivity contribution in [2.75, 3.05) is 0 Å². The molecule has 218 valence electrons. The fraction of sp³-hybridized carbons (Fsp3) is 1.00. The predicted octanol–water partition coefficient (Wildman–Crippen LogP) is 7.46. The van der Waals surface area contributed by atoms with Crippen LogP contribution in [0.1, 0.15) is 34.1 Å². The van der Waals surface area contributed by atoms with Crippen molar-refractivity contribution in [3.8, 4) is 0 Å². The minimum absolute atomic E-state index is 0.823. The van der Waals surface area contributed by atoms with Crippen LogP contribution in [0.2, 0.25) is 6.04 Å². The lowest BCUT2D eigenvalue weighted by Gasteiger charge is -2.43. The second kappa shape index (κ2) is 10.3. The van der Waals surface area contributed by atoms with Crippen LogP contribution in [0, 0.1) is 0 Å². The van der Waals surface area contributed by atoms with Crippen molar-refractivity contribution < 1.29 is 83.5 Å². The van der Waals surface area contributed by atoms with Crippen molar-refractivity contribution in [2.45, 2.75) is 100 Å².